The van der Waals surface area contributed by atoms with Gasteiger partial charge in [-0.3, -0.25) is 9.69 Å². The number of fused-ring (bicyclic) bond motifs is 2. The van der Waals surface area contributed by atoms with Crippen molar-refractivity contribution in [3.8, 4) is 5.75 Å². The highest BCUT2D eigenvalue weighted by Gasteiger charge is 2.29. The minimum Gasteiger partial charge on any atom is -0.496 e. The van der Waals surface area contributed by atoms with Crippen LogP contribution < -0.4 is 10.1 Å². The number of likely N-dealkylation sites (N-methyl/N-ethyl adjacent to an activating group) is 1. The van der Waals surface area contributed by atoms with E-state index in [9.17, 15) is 4.79 Å². The second kappa shape index (κ2) is 7.12. The second-order valence-corrected chi connectivity index (χ2v) is 7.41. The van der Waals surface area contributed by atoms with E-state index in [2.05, 4.69) is 46.6 Å². The molecule has 0 saturated heterocycles. The van der Waals surface area contributed by atoms with E-state index in [1.807, 2.05) is 7.05 Å². The molecule has 1 N–H and O–H groups in total. The molecule has 26 heavy (non-hydrogen) atoms. The number of benzene rings is 2. The van der Waals surface area contributed by atoms with Gasteiger partial charge in [0.1, 0.15) is 5.75 Å². The number of hydrogen-bond acceptors (Lipinski definition) is 3. The number of hydrogen-bond donors (Lipinski definition) is 1. The Bertz CT molecular complexity index is 831. The first-order valence-electron chi connectivity index (χ1n) is 9.39. The van der Waals surface area contributed by atoms with Gasteiger partial charge in [0.05, 0.1) is 13.2 Å². The maximum atomic E-state index is 12.8. The van der Waals surface area contributed by atoms with E-state index in [0.717, 1.165) is 37.1 Å². The van der Waals surface area contributed by atoms with Gasteiger partial charge in [0, 0.05) is 18.7 Å². The Morgan fingerprint density at radius 3 is 2.65 bits per heavy atom. The third kappa shape index (κ3) is 3.21. The van der Waals surface area contributed by atoms with Crippen molar-refractivity contribution in [3.63, 3.8) is 0 Å². The second-order valence-electron chi connectivity index (χ2n) is 7.41. The van der Waals surface area contributed by atoms with Crippen molar-refractivity contribution < 1.29 is 9.53 Å². The standard InChI is InChI=1S/C22H26N2O2/c1-24-14-18-7-4-3-6-16(18)11-20(24)22(25)23-13-19-10-15-8-5-9-17(15)12-21(19)26-2/h3-4,6-7,10,12,20H,5,8-9,11,13-14H2,1-2H3,(H,23,25). The normalized spacial score (nSPS) is 18.9. The highest BCUT2D eigenvalue weighted by molar-refractivity contribution is 5.82. The summed E-state index contributed by atoms with van der Waals surface area (Å²) in [6.07, 6.45) is 4.23. The molecule has 4 rings (SSSR count). The van der Waals surface area contributed by atoms with Crippen LogP contribution in [0.25, 0.3) is 0 Å². The Morgan fingerprint density at radius 1 is 1.15 bits per heavy atom. The van der Waals surface area contributed by atoms with Crippen LogP contribution in [0.4, 0.5) is 0 Å². The summed E-state index contributed by atoms with van der Waals surface area (Å²) in [7, 11) is 3.73. The molecule has 4 heteroatoms. The summed E-state index contributed by atoms with van der Waals surface area (Å²) in [6.45, 7) is 1.33. The topological polar surface area (TPSA) is 41.6 Å². The summed E-state index contributed by atoms with van der Waals surface area (Å²) in [4.78, 5) is 15.0. The number of nitrogens with one attached hydrogen (secondary N) is 1. The van der Waals surface area contributed by atoms with E-state index < -0.39 is 0 Å². The van der Waals surface area contributed by atoms with E-state index in [0.29, 0.717) is 6.54 Å². The van der Waals surface area contributed by atoms with Crippen molar-refractivity contribution in [3.05, 3.63) is 64.2 Å². The van der Waals surface area contributed by atoms with Crippen LogP contribution in [-0.4, -0.2) is 31.0 Å². The highest BCUT2D eigenvalue weighted by Crippen LogP contribution is 2.30. The first kappa shape index (κ1) is 17.1. The third-order valence-electron chi connectivity index (χ3n) is 5.73. The minimum absolute atomic E-state index is 0.0876. The number of rotatable bonds is 4. The predicted molar refractivity (Wildman–Crippen MR) is 102 cm³/mol. The SMILES string of the molecule is COc1cc2c(cc1CNC(=O)C1Cc3ccccc3CN1C)CCC2. The fraction of sp³-hybridized carbons (Fsp3) is 0.409. The number of nitrogens with zero attached hydrogens (tertiary/aromatic N) is 1. The van der Waals surface area contributed by atoms with Crippen molar-refractivity contribution in [2.45, 2.75) is 44.8 Å². The van der Waals surface area contributed by atoms with Gasteiger partial charge in [0.25, 0.3) is 0 Å². The van der Waals surface area contributed by atoms with Crippen LogP contribution in [0.2, 0.25) is 0 Å². The average Bonchev–Trinajstić information content (AvgIpc) is 3.12. The number of carbonyl (C=O) groups excluding carboxylic acids is 1. The first-order valence-corrected chi connectivity index (χ1v) is 9.39. The zero-order chi connectivity index (χ0) is 18.1. The van der Waals surface area contributed by atoms with Crippen LogP contribution in [0.15, 0.2) is 36.4 Å². The summed E-state index contributed by atoms with van der Waals surface area (Å²) in [5.41, 5.74) is 6.46. The van der Waals surface area contributed by atoms with E-state index in [-0.39, 0.29) is 11.9 Å². The Hall–Kier alpha value is -2.33. The molecule has 2 aliphatic rings. The van der Waals surface area contributed by atoms with Crippen molar-refractivity contribution in [2.24, 2.45) is 0 Å². The molecule has 136 valence electrons. The highest BCUT2D eigenvalue weighted by atomic mass is 16.5. The van der Waals surface area contributed by atoms with Gasteiger partial charge in [-0.1, -0.05) is 30.3 Å². The van der Waals surface area contributed by atoms with Crippen LogP contribution in [0.5, 0.6) is 5.75 Å². The van der Waals surface area contributed by atoms with Gasteiger partial charge >= 0.3 is 0 Å². The molecule has 0 fully saturated rings. The lowest BCUT2D eigenvalue weighted by Gasteiger charge is -2.33. The maximum Gasteiger partial charge on any atom is 0.237 e. The van der Waals surface area contributed by atoms with E-state index in [1.165, 1.54) is 28.7 Å². The van der Waals surface area contributed by atoms with Gasteiger partial charge < -0.3 is 10.1 Å². The number of carbonyl (C=O) groups is 1. The molecule has 1 aliphatic heterocycles. The quantitative estimate of drug-likeness (QED) is 0.922. The molecule has 1 amide bonds. The molecule has 1 heterocycles. The predicted octanol–water partition coefficient (Wildman–Crippen LogP) is 2.86. The molecule has 0 aromatic heterocycles. The zero-order valence-electron chi connectivity index (χ0n) is 15.5. The van der Waals surface area contributed by atoms with Crippen LogP contribution in [0.1, 0.15) is 34.2 Å². The van der Waals surface area contributed by atoms with Gasteiger partial charge in [-0.05, 0) is 61.1 Å². The van der Waals surface area contributed by atoms with Gasteiger partial charge in [0.15, 0.2) is 0 Å². The van der Waals surface area contributed by atoms with E-state index >= 15 is 0 Å². The number of amides is 1. The molecule has 0 spiro atoms. The third-order valence-corrected chi connectivity index (χ3v) is 5.73. The molecule has 2 aromatic rings. The molecule has 4 nitrogen and oxygen atoms in total. The van der Waals surface area contributed by atoms with Gasteiger partial charge in [-0.25, -0.2) is 0 Å². The molecular weight excluding hydrogens is 324 g/mol. The van der Waals surface area contributed by atoms with Crippen molar-refractivity contribution >= 4 is 5.91 Å². The Balaban J connectivity index is 1.46. The lowest BCUT2D eigenvalue weighted by molar-refractivity contribution is -0.126. The molecule has 1 atom stereocenters. The van der Waals surface area contributed by atoms with Crippen molar-refractivity contribution in [2.75, 3.05) is 14.2 Å². The lowest BCUT2D eigenvalue weighted by atomic mass is 9.94. The fourth-order valence-corrected chi connectivity index (χ4v) is 4.23. The van der Waals surface area contributed by atoms with E-state index in [1.54, 1.807) is 7.11 Å². The van der Waals surface area contributed by atoms with Gasteiger partial charge in [0.2, 0.25) is 5.91 Å². The van der Waals surface area contributed by atoms with Crippen LogP contribution >= 0.6 is 0 Å². The first-order chi connectivity index (χ1) is 12.7. The number of methoxy groups -OCH3 is 1. The summed E-state index contributed by atoms with van der Waals surface area (Å²) in [5.74, 6) is 0.970. The van der Waals surface area contributed by atoms with Crippen molar-refractivity contribution in [1.29, 1.82) is 0 Å². The Kier molecular flexibility index (Phi) is 4.68. The largest absolute Gasteiger partial charge is 0.496 e. The number of ether oxygens (including phenoxy) is 1. The molecule has 1 aliphatic carbocycles. The molecule has 0 radical (unpaired) electrons. The Labute approximate surface area is 155 Å². The molecule has 2 aromatic carbocycles. The maximum absolute atomic E-state index is 12.8. The smallest absolute Gasteiger partial charge is 0.237 e. The summed E-state index contributed by atoms with van der Waals surface area (Å²) in [5, 5.41) is 3.14. The molecule has 0 saturated carbocycles. The zero-order valence-corrected chi connectivity index (χ0v) is 15.5. The minimum atomic E-state index is -0.120. The van der Waals surface area contributed by atoms with Crippen molar-refractivity contribution in [1.82, 2.24) is 10.2 Å². The van der Waals surface area contributed by atoms with Crippen LogP contribution in [0.3, 0.4) is 0 Å². The summed E-state index contributed by atoms with van der Waals surface area (Å²) in [6, 6.07) is 12.6. The molecular formula is C22H26N2O2. The molecule has 0 bridgehead atoms. The molecule has 1 unspecified atom stereocenters. The van der Waals surface area contributed by atoms with Gasteiger partial charge in [-0.15, -0.1) is 0 Å². The number of aryl methyl sites for hydroxylation is 2. The van der Waals surface area contributed by atoms with Crippen LogP contribution in [-0.2, 0) is 37.1 Å². The van der Waals surface area contributed by atoms with E-state index in [4.69, 9.17) is 4.74 Å². The van der Waals surface area contributed by atoms with Gasteiger partial charge in [-0.2, -0.15) is 0 Å². The van der Waals surface area contributed by atoms with Crippen LogP contribution in [0, 0.1) is 0 Å². The summed E-state index contributed by atoms with van der Waals surface area (Å²) >= 11 is 0. The summed E-state index contributed by atoms with van der Waals surface area (Å²) < 4.78 is 5.55. The fourth-order valence-electron chi connectivity index (χ4n) is 4.23. The monoisotopic (exact) mass is 350 g/mol. The average molecular weight is 350 g/mol. The lowest BCUT2D eigenvalue weighted by Crippen LogP contribution is -2.48. The Morgan fingerprint density at radius 2 is 1.88 bits per heavy atom.